The summed E-state index contributed by atoms with van der Waals surface area (Å²) in [5.41, 5.74) is 5.03. The van der Waals surface area contributed by atoms with Crippen LogP contribution in [0.25, 0.3) is 0 Å². The van der Waals surface area contributed by atoms with E-state index in [4.69, 9.17) is 0 Å². The average Bonchev–Trinajstić information content (AvgIpc) is 3.40. The summed E-state index contributed by atoms with van der Waals surface area (Å²) in [5, 5.41) is 13.7. The van der Waals surface area contributed by atoms with E-state index >= 15 is 0 Å². The minimum atomic E-state index is -0.218. The normalized spacial score (nSPS) is 13.8. The van der Waals surface area contributed by atoms with Gasteiger partial charge < -0.3 is 10.0 Å². The molecule has 5 rings (SSSR count). The molecule has 7 heteroatoms. The van der Waals surface area contributed by atoms with Crippen LogP contribution >= 0.6 is 0 Å². The van der Waals surface area contributed by atoms with E-state index in [1.54, 1.807) is 60.5 Å². The number of aliphatic hydroxyl groups excluding tert-OH is 1. The molecule has 1 aliphatic heterocycles. The first kappa shape index (κ1) is 26.3. The number of anilines is 1. The first-order valence-electron chi connectivity index (χ1n) is 13.2. The van der Waals surface area contributed by atoms with Crippen LogP contribution in [0.4, 0.5) is 5.69 Å². The van der Waals surface area contributed by atoms with E-state index in [0.29, 0.717) is 22.3 Å². The van der Waals surface area contributed by atoms with Crippen molar-refractivity contribution in [3.8, 4) is 0 Å². The number of rotatable bonds is 9. The number of benzene rings is 3. The van der Waals surface area contributed by atoms with Crippen molar-refractivity contribution in [2.75, 3.05) is 18.0 Å². The van der Waals surface area contributed by atoms with E-state index in [9.17, 15) is 19.5 Å². The van der Waals surface area contributed by atoms with Gasteiger partial charge >= 0.3 is 0 Å². The standard InChI is InChI=1S/C32H31N3O4/c1-34-21-27(20-33-34)31(38)19-23-4-8-26(9-5-23)32(39)25-6-2-22(3-7-25)18-30(37)24-10-12-28(13-11-24)35-16-14-29(36)15-17-35/h2-13,20-21,29,36H,14-19H2,1H3. The predicted molar refractivity (Wildman–Crippen MR) is 149 cm³/mol. The highest BCUT2D eigenvalue weighted by Crippen LogP contribution is 2.21. The fourth-order valence-corrected chi connectivity index (χ4v) is 4.84. The van der Waals surface area contributed by atoms with E-state index < -0.39 is 0 Å². The molecule has 3 aromatic carbocycles. The van der Waals surface area contributed by atoms with Gasteiger partial charge in [0.15, 0.2) is 17.3 Å². The molecule has 198 valence electrons. The highest BCUT2D eigenvalue weighted by atomic mass is 16.3. The lowest BCUT2D eigenvalue weighted by Gasteiger charge is -2.31. The van der Waals surface area contributed by atoms with Gasteiger partial charge in [0.05, 0.1) is 17.9 Å². The molecule has 1 fully saturated rings. The summed E-state index contributed by atoms with van der Waals surface area (Å²) in [4.78, 5) is 40.5. The summed E-state index contributed by atoms with van der Waals surface area (Å²) in [5.74, 6) is -0.115. The van der Waals surface area contributed by atoms with Crippen LogP contribution in [0.2, 0.25) is 0 Å². The van der Waals surface area contributed by atoms with Gasteiger partial charge in [-0.1, -0.05) is 48.5 Å². The largest absolute Gasteiger partial charge is 0.393 e. The van der Waals surface area contributed by atoms with E-state index in [1.165, 1.54) is 0 Å². The topological polar surface area (TPSA) is 92.5 Å². The van der Waals surface area contributed by atoms with Gasteiger partial charge in [-0.2, -0.15) is 5.10 Å². The second-order valence-corrected chi connectivity index (χ2v) is 10.1. The van der Waals surface area contributed by atoms with Crippen molar-refractivity contribution >= 4 is 23.0 Å². The quantitative estimate of drug-likeness (QED) is 0.327. The molecule has 1 aliphatic rings. The number of aromatic nitrogens is 2. The van der Waals surface area contributed by atoms with Crippen LogP contribution in [0.15, 0.2) is 85.2 Å². The van der Waals surface area contributed by atoms with Gasteiger partial charge in [-0.25, -0.2) is 0 Å². The second-order valence-electron chi connectivity index (χ2n) is 10.1. The Balaban J connectivity index is 1.16. The lowest BCUT2D eigenvalue weighted by atomic mass is 9.97. The maximum Gasteiger partial charge on any atom is 0.193 e. The van der Waals surface area contributed by atoms with Gasteiger partial charge in [0.2, 0.25) is 0 Å². The summed E-state index contributed by atoms with van der Waals surface area (Å²) in [6.45, 7) is 1.63. The molecule has 0 spiro atoms. The van der Waals surface area contributed by atoms with Crippen LogP contribution in [0.3, 0.4) is 0 Å². The van der Waals surface area contributed by atoms with Crippen molar-refractivity contribution in [1.82, 2.24) is 9.78 Å². The molecule has 2 heterocycles. The molecule has 0 bridgehead atoms. The number of carbonyl (C=O) groups excluding carboxylic acids is 3. The number of aliphatic hydroxyl groups is 1. The number of ketones is 3. The second kappa shape index (κ2) is 11.6. The molecular weight excluding hydrogens is 490 g/mol. The third kappa shape index (κ3) is 6.38. The predicted octanol–water partition coefficient (Wildman–Crippen LogP) is 4.46. The van der Waals surface area contributed by atoms with Gasteiger partial charge in [-0.05, 0) is 48.2 Å². The Labute approximate surface area is 227 Å². The van der Waals surface area contributed by atoms with Crippen LogP contribution in [0, 0.1) is 0 Å². The van der Waals surface area contributed by atoms with Gasteiger partial charge in [-0.15, -0.1) is 0 Å². The zero-order valence-electron chi connectivity index (χ0n) is 21.9. The van der Waals surface area contributed by atoms with Crippen LogP contribution < -0.4 is 4.90 Å². The third-order valence-corrected chi connectivity index (χ3v) is 7.21. The monoisotopic (exact) mass is 521 g/mol. The molecule has 0 radical (unpaired) electrons. The fourth-order valence-electron chi connectivity index (χ4n) is 4.84. The summed E-state index contributed by atoms with van der Waals surface area (Å²) in [7, 11) is 1.77. The van der Waals surface area contributed by atoms with Gasteiger partial charge in [0.25, 0.3) is 0 Å². The number of hydrogen-bond donors (Lipinski definition) is 1. The highest BCUT2D eigenvalue weighted by molar-refractivity contribution is 6.09. The summed E-state index contributed by atoms with van der Waals surface area (Å²) >= 11 is 0. The van der Waals surface area contributed by atoms with Gasteiger partial charge in [0.1, 0.15) is 0 Å². The Morgan fingerprint density at radius 1 is 0.744 bits per heavy atom. The fraction of sp³-hybridized carbons (Fsp3) is 0.250. The molecule has 0 unspecified atom stereocenters. The van der Waals surface area contributed by atoms with Crippen molar-refractivity contribution in [3.05, 3.63) is 119 Å². The molecule has 1 saturated heterocycles. The maximum atomic E-state index is 13.0. The molecule has 7 nitrogen and oxygen atoms in total. The Bertz CT molecular complexity index is 1460. The molecule has 1 aromatic heterocycles. The van der Waals surface area contributed by atoms with Crippen molar-refractivity contribution in [2.24, 2.45) is 7.05 Å². The Morgan fingerprint density at radius 3 is 1.72 bits per heavy atom. The smallest absolute Gasteiger partial charge is 0.193 e. The third-order valence-electron chi connectivity index (χ3n) is 7.21. The average molecular weight is 522 g/mol. The van der Waals surface area contributed by atoms with Crippen LogP contribution in [0.5, 0.6) is 0 Å². The van der Waals surface area contributed by atoms with Gasteiger partial charge in [0, 0.05) is 61.6 Å². The van der Waals surface area contributed by atoms with Crippen LogP contribution in [-0.2, 0) is 19.9 Å². The summed E-state index contributed by atoms with van der Waals surface area (Å²) in [6.07, 6.45) is 5.05. The van der Waals surface area contributed by atoms with Crippen LogP contribution in [0.1, 0.15) is 60.6 Å². The van der Waals surface area contributed by atoms with Crippen molar-refractivity contribution in [1.29, 1.82) is 0 Å². The summed E-state index contributed by atoms with van der Waals surface area (Å²) in [6, 6.07) is 21.9. The maximum absolute atomic E-state index is 13.0. The van der Waals surface area contributed by atoms with Crippen molar-refractivity contribution in [3.63, 3.8) is 0 Å². The first-order chi connectivity index (χ1) is 18.9. The Morgan fingerprint density at radius 2 is 1.23 bits per heavy atom. The molecule has 39 heavy (non-hydrogen) atoms. The highest BCUT2D eigenvalue weighted by Gasteiger charge is 2.18. The molecule has 0 amide bonds. The summed E-state index contributed by atoms with van der Waals surface area (Å²) < 4.78 is 1.59. The molecule has 1 N–H and O–H groups in total. The number of Topliss-reactive ketones (excluding diaryl/α,β-unsaturated/α-hetero) is 2. The Hall–Kier alpha value is -4.36. The molecule has 0 saturated carbocycles. The van der Waals surface area contributed by atoms with E-state index in [0.717, 1.165) is 42.7 Å². The number of carbonyl (C=O) groups is 3. The number of nitrogens with zero attached hydrogens (tertiary/aromatic N) is 3. The van der Waals surface area contributed by atoms with Gasteiger partial charge in [-0.3, -0.25) is 19.1 Å². The van der Waals surface area contributed by atoms with Crippen molar-refractivity contribution in [2.45, 2.75) is 31.8 Å². The minimum Gasteiger partial charge on any atom is -0.393 e. The molecular formula is C32H31N3O4. The zero-order valence-corrected chi connectivity index (χ0v) is 21.9. The molecule has 0 aliphatic carbocycles. The molecule has 0 atom stereocenters. The zero-order chi connectivity index (χ0) is 27.4. The first-order valence-corrected chi connectivity index (χ1v) is 13.2. The number of hydrogen-bond acceptors (Lipinski definition) is 6. The Kier molecular flexibility index (Phi) is 7.79. The molecule has 4 aromatic rings. The van der Waals surface area contributed by atoms with Crippen LogP contribution in [-0.4, -0.2) is 51.4 Å². The van der Waals surface area contributed by atoms with E-state index in [2.05, 4.69) is 10.00 Å². The minimum absolute atomic E-state index is 0.0195. The SMILES string of the molecule is Cn1cc(C(=O)Cc2ccc(C(=O)c3ccc(CC(=O)c4ccc(N5CCC(O)CC5)cc4)cc3)cc2)cn1. The van der Waals surface area contributed by atoms with Crippen molar-refractivity contribution < 1.29 is 19.5 Å². The number of aryl methyl sites for hydroxylation is 1. The van der Waals surface area contributed by atoms with E-state index in [1.807, 2.05) is 36.4 Å². The lowest BCUT2D eigenvalue weighted by molar-refractivity contribution is 0.0984. The number of piperidine rings is 1. The lowest BCUT2D eigenvalue weighted by Crippen LogP contribution is -2.35. The van der Waals surface area contributed by atoms with E-state index in [-0.39, 0.29) is 36.3 Å².